The number of hydrogen-bond donors (Lipinski definition) is 0. The van der Waals surface area contributed by atoms with Crippen molar-refractivity contribution in [1.82, 2.24) is 9.47 Å². The van der Waals surface area contributed by atoms with Crippen LogP contribution in [0.25, 0.3) is 11.1 Å². The summed E-state index contributed by atoms with van der Waals surface area (Å²) < 4.78 is 2.17. The molecule has 0 unspecified atom stereocenters. The smallest absolute Gasteiger partial charge is 0.254 e. The van der Waals surface area contributed by atoms with E-state index >= 15 is 0 Å². The van der Waals surface area contributed by atoms with E-state index in [0.717, 1.165) is 52.4 Å². The van der Waals surface area contributed by atoms with Gasteiger partial charge in [0.25, 0.3) is 5.91 Å². The van der Waals surface area contributed by atoms with E-state index in [9.17, 15) is 4.79 Å². The van der Waals surface area contributed by atoms with Crippen LogP contribution in [0.5, 0.6) is 0 Å². The zero-order chi connectivity index (χ0) is 23.0. The zero-order valence-electron chi connectivity index (χ0n) is 19.0. The van der Waals surface area contributed by atoms with Crippen molar-refractivity contribution in [2.75, 3.05) is 6.54 Å². The number of rotatable bonds is 9. The van der Waals surface area contributed by atoms with Crippen molar-refractivity contribution in [3.8, 4) is 11.1 Å². The molecule has 0 spiro atoms. The summed E-state index contributed by atoms with van der Waals surface area (Å²) in [5.41, 5.74) is 5.15. The van der Waals surface area contributed by atoms with Crippen LogP contribution in [0.2, 0.25) is 5.02 Å². The van der Waals surface area contributed by atoms with Crippen LogP contribution in [0, 0.1) is 0 Å². The third-order valence-electron chi connectivity index (χ3n) is 5.88. The summed E-state index contributed by atoms with van der Waals surface area (Å²) in [5.74, 6) is 0.0635. The molecule has 1 heterocycles. The Bertz CT molecular complexity index is 1180. The molecule has 0 bridgehead atoms. The van der Waals surface area contributed by atoms with Crippen molar-refractivity contribution < 1.29 is 4.79 Å². The molecular weight excluding hydrogens is 428 g/mol. The topological polar surface area (TPSA) is 25.2 Å². The highest BCUT2D eigenvalue weighted by molar-refractivity contribution is 6.31. The molecule has 1 aromatic heterocycles. The molecule has 0 aliphatic carbocycles. The first kappa shape index (κ1) is 22.9. The minimum Gasteiger partial charge on any atom is -0.345 e. The van der Waals surface area contributed by atoms with Crippen LogP contribution >= 0.6 is 11.6 Å². The molecule has 0 saturated carbocycles. The van der Waals surface area contributed by atoms with Crippen molar-refractivity contribution in [3.63, 3.8) is 0 Å². The van der Waals surface area contributed by atoms with Crippen molar-refractivity contribution in [3.05, 3.63) is 119 Å². The van der Waals surface area contributed by atoms with Gasteiger partial charge < -0.3 is 9.47 Å². The van der Waals surface area contributed by atoms with Gasteiger partial charge in [-0.2, -0.15) is 0 Å². The highest BCUT2D eigenvalue weighted by atomic mass is 35.5. The first-order valence-corrected chi connectivity index (χ1v) is 11.9. The van der Waals surface area contributed by atoms with Crippen LogP contribution in [0.3, 0.4) is 0 Å². The van der Waals surface area contributed by atoms with Gasteiger partial charge in [0.2, 0.25) is 0 Å². The second kappa shape index (κ2) is 11.0. The number of carbonyl (C=O) groups is 1. The van der Waals surface area contributed by atoms with Gasteiger partial charge in [0.1, 0.15) is 0 Å². The fourth-order valence-electron chi connectivity index (χ4n) is 3.97. The fourth-order valence-corrected chi connectivity index (χ4v) is 4.17. The van der Waals surface area contributed by atoms with Crippen LogP contribution < -0.4 is 0 Å². The molecule has 4 heteroatoms. The summed E-state index contributed by atoms with van der Waals surface area (Å²) in [6, 6.07) is 30.2. The summed E-state index contributed by atoms with van der Waals surface area (Å²) in [6.07, 6.45) is 4.06. The molecule has 0 saturated heterocycles. The van der Waals surface area contributed by atoms with Crippen LogP contribution in [-0.4, -0.2) is 21.9 Å². The Balaban J connectivity index is 1.52. The third kappa shape index (κ3) is 5.74. The van der Waals surface area contributed by atoms with E-state index in [2.05, 4.69) is 35.9 Å². The van der Waals surface area contributed by atoms with Gasteiger partial charge in [-0.25, -0.2) is 0 Å². The van der Waals surface area contributed by atoms with Gasteiger partial charge in [-0.15, -0.1) is 0 Å². The monoisotopic (exact) mass is 456 g/mol. The van der Waals surface area contributed by atoms with Crippen molar-refractivity contribution in [2.24, 2.45) is 0 Å². The predicted molar refractivity (Wildman–Crippen MR) is 137 cm³/mol. The molecule has 1 amide bonds. The Labute approximate surface area is 201 Å². The lowest BCUT2D eigenvalue weighted by Gasteiger charge is -2.24. The maximum atomic E-state index is 13.4. The molecule has 3 nitrogen and oxygen atoms in total. The van der Waals surface area contributed by atoms with E-state index in [-0.39, 0.29) is 5.91 Å². The standard InChI is InChI=1S/C29H29ClN2O/c1-2-3-19-32(22-27-13-9-20-31(27)21-26-12-7-8-14-28(26)30)29(33)25-17-15-24(16-18-25)23-10-5-4-6-11-23/h4-18,20H,2-3,19,21-22H2,1H3. The lowest BCUT2D eigenvalue weighted by molar-refractivity contribution is 0.0737. The second-order valence-electron chi connectivity index (χ2n) is 8.24. The van der Waals surface area contributed by atoms with Crippen LogP contribution in [0.1, 0.15) is 41.4 Å². The average molecular weight is 457 g/mol. The predicted octanol–water partition coefficient (Wildman–Crippen LogP) is 7.30. The van der Waals surface area contributed by atoms with Gasteiger partial charge in [0.05, 0.1) is 6.54 Å². The number of amides is 1. The Kier molecular flexibility index (Phi) is 7.64. The molecule has 4 rings (SSSR count). The Morgan fingerprint density at radius 2 is 1.55 bits per heavy atom. The van der Waals surface area contributed by atoms with E-state index in [1.807, 2.05) is 77.7 Å². The quantitative estimate of drug-likeness (QED) is 0.259. The van der Waals surface area contributed by atoms with E-state index in [1.165, 1.54) is 0 Å². The van der Waals surface area contributed by atoms with Gasteiger partial charge in [0.15, 0.2) is 0 Å². The molecule has 0 aliphatic rings. The molecule has 4 aromatic rings. The molecule has 3 aromatic carbocycles. The molecular formula is C29H29ClN2O. The lowest BCUT2D eigenvalue weighted by Crippen LogP contribution is -2.32. The van der Waals surface area contributed by atoms with Crippen molar-refractivity contribution in [1.29, 1.82) is 0 Å². The fraction of sp³-hybridized carbons (Fsp3) is 0.207. The molecule has 0 aliphatic heterocycles. The Morgan fingerprint density at radius 1 is 0.848 bits per heavy atom. The van der Waals surface area contributed by atoms with E-state index in [0.29, 0.717) is 13.1 Å². The number of aromatic nitrogens is 1. The van der Waals surface area contributed by atoms with Gasteiger partial charge in [0, 0.05) is 35.6 Å². The van der Waals surface area contributed by atoms with Crippen LogP contribution in [0.4, 0.5) is 0 Å². The van der Waals surface area contributed by atoms with Gasteiger partial charge in [-0.05, 0) is 53.4 Å². The first-order valence-electron chi connectivity index (χ1n) is 11.5. The molecule has 0 atom stereocenters. The number of nitrogens with zero attached hydrogens (tertiary/aromatic N) is 2. The first-order chi connectivity index (χ1) is 16.2. The Hall–Kier alpha value is -3.30. The van der Waals surface area contributed by atoms with E-state index < -0.39 is 0 Å². The van der Waals surface area contributed by atoms with Gasteiger partial charge in [-0.1, -0.05) is 85.6 Å². The molecule has 168 valence electrons. The van der Waals surface area contributed by atoms with Gasteiger partial charge >= 0.3 is 0 Å². The number of halogens is 1. The normalized spacial score (nSPS) is 10.8. The summed E-state index contributed by atoms with van der Waals surface area (Å²) >= 11 is 6.38. The van der Waals surface area contributed by atoms with E-state index in [4.69, 9.17) is 11.6 Å². The minimum atomic E-state index is 0.0635. The molecule has 33 heavy (non-hydrogen) atoms. The number of benzene rings is 3. The summed E-state index contributed by atoms with van der Waals surface area (Å²) in [5, 5.41) is 0.759. The number of hydrogen-bond acceptors (Lipinski definition) is 1. The second-order valence-corrected chi connectivity index (χ2v) is 8.65. The van der Waals surface area contributed by atoms with Crippen molar-refractivity contribution >= 4 is 17.5 Å². The SMILES string of the molecule is CCCCN(Cc1cccn1Cc1ccccc1Cl)C(=O)c1ccc(-c2ccccc2)cc1. The summed E-state index contributed by atoms with van der Waals surface area (Å²) in [4.78, 5) is 15.4. The molecule has 0 N–H and O–H groups in total. The average Bonchev–Trinajstić information content (AvgIpc) is 3.30. The number of carbonyl (C=O) groups excluding carboxylic acids is 1. The zero-order valence-corrected chi connectivity index (χ0v) is 19.7. The maximum Gasteiger partial charge on any atom is 0.254 e. The van der Waals surface area contributed by atoms with Gasteiger partial charge in [-0.3, -0.25) is 4.79 Å². The minimum absolute atomic E-state index is 0.0635. The highest BCUT2D eigenvalue weighted by Crippen LogP contribution is 2.22. The van der Waals surface area contributed by atoms with Crippen LogP contribution in [0.15, 0.2) is 97.2 Å². The maximum absolute atomic E-state index is 13.4. The summed E-state index contributed by atoms with van der Waals surface area (Å²) in [7, 11) is 0. The van der Waals surface area contributed by atoms with E-state index in [1.54, 1.807) is 0 Å². The molecule has 0 radical (unpaired) electrons. The highest BCUT2D eigenvalue weighted by Gasteiger charge is 2.18. The van der Waals surface area contributed by atoms with Crippen LogP contribution in [-0.2, 0) is 13.1 Å². The largest absolute Gasteiger partial charge is 0.345 e. The number of unbranched alkanes of at least 4 members (excludes halogenated alkanes) is 1. The Morgan fingerprint density at radius 3 is 2.27 bits per heavy atom. The van der Waals surface area contributed by atoms with Crippen molar-refractivity contribution in [2.45, 2.75) is 32.9 Å². The summed E-state index contributed by atoms with van der Waals surface area (Å²) in [6.45, 7) is 4.13. The third-order valence-corrected chi connectivity index (χ3v) is 6.25. The molecule has 0 fully saturated rings. The lowest BCUT2D eigenvalue weighted by atomic mass is 10.0.